The van der Waals surface area contributed by atoms with Gasteiger partial charge in [0.15, 0.2) is 0 Å². The van der Waals surface area contributed by atoms with Gasteiger partial charge in [-0.15, -0.1) is 0 Å². The third-order valence-electron chi connectivity index (χ3n) is 7.52. The maximum atomic E-state index is 14.2. The molecule has 1 N–H and O–H groups in total. The quantitative estimate of drug-likeness (QED) is 0.538. The highest BCUT2D eigenvalue weighted by Crippen LogP contribution is 2.57. The van der Waals surface area contributed by atoms with Gasteiger partial charge in [-0.05, 0) is 44.4 Å². The molecule has 4 aliphatic heterocycles. The molecule has 0 saturated carbocycles. The lowest BCUT2D eigenvalue weighted by atomic mass is 9.74. The number of benzene rings is 1. The third kappa shape index (κ3) is 3.15. The second-order valence-corrected chi connectivity index (χ2v) is 9.75. The molecule has 0 bridgehead atoms. The number of rotatable bonds is 3. The Bertz CT molecular complexity index is 1110. The number of cyclic esters (lactones) is 1. The number of fused-ring (bicyclic) bond motifs is 2. The first-order valence-electron chi connectivity index (χ1n) is 11.8. The van der Waals surface area contributed by atoms with Gasteiger partial charge in [0.2, 0.25) is 5.91 Å². The molecule has 1 spiro atoms. The number of aryl methyl sites for hydroxylation is 2. The molecular formula is C26H30N2O6. The van der Waals surface area contributed by atoms with Crippen molar-refractivity contribution >= 4 is 23.5 Å². The lowest BCUT2D eigenvalue weighted by Crippen LogP contribution is -2.56. The molecule has 1 unspecified atom stereocenters. The van der Waals surface area contributed by atoms with E-state index in [0.29, 0.717) is 13.0 Å². The molecule has 0 aliphatic carbocycles. The molecule has 2 saturated heterocycles. The van der Waals surface area contributed by atoms with E-state index in [-0.39, 0.29) is 31.6 Å². The number of aliphatic hydroxyl groups is 1. The van der Waals surface area contributed by atoms with E-state index in [4.69, 9.17) is 9.47 Å². The highest BCUT2D eigenvalue weighted by molar-refractivity contribution is 6.06. The first kappa shape index (κ1) is 22.8. The van der Waals surface area contributed by atoms with E-state index in [2.05, 4.69) is 0 Å². The number of anilines is 1. The molecule has 1 aromatic carbocycles. The maximum Gasteiger partial charge on any atom is 0.313 e. The van der Waals surface area contributed by atoms with Crippen molar-refractivity contribution in [2.75, 3.05) is 31.2 Å². The summed E-state index contributed by atoms with van der Waals surface area (Å²) in [5.74, 6) is -2.99. The van der Waals surface area contributed by atoms with Crippen LogP contribution in [-0.2, 0) is 23.9 Å². The van der Waals surface area contributed by atoms with Crippen molar-refractivity contribution in [2.45, 2.75) is 44.4 Å². The molecule has 5 atom stereocenters. The zero-order chi connectivity index (χ0) is 24.3. The van der Waals surface area contributed by atoms with E-state index in [1.807, 2.05) is 50.3 Å². The predicted octanol–water partition coefficient (Wildman–Crippen LogP) is 1.67. The minimum Gasteiger partial charge on any atom is -0.465 e. The monoisotopic (exact) mass is 466 g/mol. The van der Waals surface area contributed by atoms with Gasteiger partial charge in [-0.2, -0.15) is 0 Å². The number of hydrogen-bond acceptors (Lipinski definition) is 6. The Hall–Kier alpha value is -2.97. The summed E-state index contributed by atoms with van der Waals surface area (Å²) in [5.41, 5.74) is 0.273. The van der Waals surface area contributed by atoms with Crippen LogP contribution in [0, 0.1) is 25.7 Å². The molecule has 1 aromatic rings. The van der Waals surface area contributed by atoms with Crippen LogP contribution in [0.25, 0.3) is 0 Å². The molecule has 34 heavy (non-hydrogen) atoms. The number of likely N-dealkylation sites (tertiary alicyclic amines) is 1. The Labute approximate surface area is 198 Å². The maximum absolute atomic E-state index is 14.2. The van der Waals surface area contributed by atoms with Gasteiger partial charge < -0.3 is 24.4 Å². The Balaban J connectivity index is 1.66. The van der Waals surface area contributed by atoms with Crippen molar-refractivity contribution in [1.82, 2.24) is 4.90 Å². The summed E-state index contributed by atoms with van der Waals surface area (Å²) in [6, 6.07) is 4.89. The lowest BCUT2D eigenvalue weighted by molar-refractivity contribution is -0.159. The number of ether oxygens (including phenoxy) is 2. The average Bonchev–Trinajstić information content (AvgIpc) is 3.09. The second kappa shape index (κ2) is 8.06. The van der Waals surface area contributed by atoms with Crippen LogP contribution < -0.4 is 4.90 Å². The van der Waals surface area contributed by atoms with Gasteiger partial charge >= 0.3 is 5.97 Å². The van der Waals surface area contributed by atoms with E-state index >= 15 is 0 Å². The first-order valence-corrected chi connectivity index (χ1v) is 11.8. The number of esters is 1. The van der Waals surface area contributed by atoms with Gasteiger partial charge in [0.1, 0.15) is 17.6 Å². The van der Waals surface area contributed by atoms with Gasteiger partial charge in [-0.25, -0.2) is 0 Å². The number of hydrogen-bond donors (Lipinski definition) is 1. The van der Waals surface area contributed by atoms with Gasteiger partial charge in [-0.3, -0.25) is 14.4 Å². The summed E-state index contributed by atoms with van der Waals surface area (Å²) >= 11 is 0. The van der Waals surface area contributed by atoms with Crippen LogP contribution in [0.4, 0.5) is 5.69 Å². The van der Waals surface area contributed by atoms with Crippen LogP contribution in [0.5, 0.6) is 0 Å². The van der Waals surface area contributed by atoms with Crippen LogP contribution >= 0.6 is 0 Å². The minimum absolute atomic E-state index is 0.0281. The summed E-state index contributed by atoms with van der Waals surface area (Å²) in [6.45, 7) is 5.88. The summed E-state index contributed by atoms with van der Waals surface area (Å²) in [6.07, 6.45) is 7.92. The molecule has 0 radical (unpaired) electrons. The highest BCUT2D eigenvalue weighted by atomic mass is 16.6. The number of amides is 2. The lowest BCUT2D eigenvalue weighted by Gasteiger charge is -2.37. The van der Waals surface area contributed by atoms with Crippen LogP contribution in [-0.4, -0.2) is 71.3 Å². The van der Waals surface area contributed by atoms with E-state index in [1.165, 1.54) is 4.90 Å². The van der Waals surface area contributed by atoms with E-state index in [9.17, 15) is 19.5 Å². The second-order valence-electron chi connectivity index (χ2n) is 9.75. The fourth-order valence-electron chi connectivity index (χ4n) is 6.06. The van der Waals surface area contributed by atoms with Crippen molar-refractivity contribution in [3.8, 4) is 0 Å². The van der Waals surface area contributed by atoms with E-state index in [1.54, 1.807) is 17.9 Å². The molecule has 8 heteroatoms. The van der Waals surface area contributed by atoms with Crippen molar-refractivity contribution in [2.24, 2.45) is 11.8 Å². The minimum atomic E-state index is -1.34. The zero-order valence-corrected chi connectivity index (χ0v) is 19.7. The largest absolute Gasteiger partial charge is 0.465 e. The summed E-state index contributed by atoms with van der Waals surface area (Å²) in [4.78, 5) is 44.2. The topological polar surface area (TPSA) is 96.4 Å². The summed E-state index contributed by atoms with van der Waals surface area (Å²) < 4.78 is 12.1. The van der Waals surface area contributed by atoms with Gasteiger partial charge in [0, 0.05) is 18.8 Å². The number of carbonyl (C=O) groups is 3. The highest BCUT2D eigenvalue weighted by Gasteiger charge is 2.74. The molecule has 8 nitrogen and oxygen atoms in total. The zero-order valence-electron chi connectivity index (χ0n) is 19.7. The van der Waals surface area contributed by atoms with E-state index in [0.717, 1.165) is 16.8 Å². The SMILES string of the molecule is Cc1ccc(C)c(N2CC=C[C@]34O[C@]5(C)C=CCCOC(=O)[C@@H]5[C@H]3C(=O)N(CCO)C4C2=O)c1. The van der Waals surface area contributed by atoms with Gasteiger partial charge in [0.05, 0.1) is 24.7 Å². The Morgan fingerprint density at radius 3 is 2.65 bits per heavy atom. The average molecular weight is 467 g/mol. The third-order valence-corrected chi connectivity index (χ3v) is 7.52. The Kier molecular flexibility index (Phi) is 5.41. The van der Waals surface area contributed by atoms with Crippen molar-refractivity contribution in [1.29, 1.82) is 0 Å². The molecule has 2 amide bonds. The molecule has 4 heterocycles. The summed E-state index contributed by atoms with van der Waals surface area (Å²) in [5, 5.41) is 9.75. The number of carbonyl (C=O) groups excluding carboxylic acids is 3. The van der Waals surface area contributed by atoms with Crippen molar-refractivity contribution in [3.05, 3.63) is 53.6 Å². The van der Waals surface area contributed by atoms with Crippen LogP contribution in [0.3, 0.4) is 0 Å². The van der Waals surface area contributed by atoms with Gasteiger partial charge in [0.25, 0.3) is 5.91 Å². The van der Waals surface area contributed by atoms with Crippen LogP contribution in [0.15, 0.2) is 42.5 Å². The van der Waals surface area contributed by atoms with Gasteiger partial charge in [-0.1, -0.05) is 36.4 Å². The van der Waals surface area contributed by atoms with E-state index < -0.39 is 35.0 Å². The first-order chi connectivity index (χ1) is 16.2. The van der Waals surface area contributed by atoms with Crippen molar-refractivity contribution in [3.63, 3.8) is 0 Å². The number of nitrogens with zero attached hydrogens (tertiary/aromatic N) is 2. The molecule has 4 aliphatic rings. The molecule has 180 valence electrons. The molecule has 2 fully saturated rings. The van der Waals surface area contributed by atoms with Crippen LogP contribution in [0.1, 0.15) is 24.5 Å². The van der Waals surface area contributed by atoms with Crippen molar-refractivity contribution < 1.29 is 29.0 Å². The molecule has 0 aromatic heterocycles. The summed E-state index contributed by atoms with van der Waals surface area (Å²) in [7, 11) is 0. The molecule has 5 rings (SSSR count). The Morgan fingerprint density at radius 1 is 1.09 bits per heavy atom. The standard InChI is InChI=1S/C26H30N2O6/c1-16-7-8-17(2)18(15-16)27-11-6-10-26-19(22(30)28(12-13-29)21(26)23(27)31)20-24(32)33-14-5-4-9-25(20,3)34-26/h4,6-10,15,19-21,29H,5,11-14H2,1-3H3/t19-,20-,21?,25+,26-/m0/s1. The number of aliphatic hydroxyl groups excluding tert-OH is 1. The van der Waals surface area contributed by atoms with Crippen LogP contribution in [0.2, 0.25) is 0 Å². The smallest absolute Gasteiger partial charge is 0.313 e. The number of β-amino-alcohol motifs (C(OH)–C–C–N with tert-alkyl or cyclic N) is 1. The predicted molar refractivity (Wildman–Crippen MR) is 124 cm³/mol. The fraction of sp³-hybridized carbons (Fsp3) is 0.500. The fourth-order valence-corrected chi connectivity index (χ4v) is 6.06. The normalized spacial score (nSPS) is 34.8. The molecular weight excluding hydrogens is 436 g/mol. The Morgan fingerprint density at radius 2 is 1.88 bits per heavy atom.